The van der Waals surface area contributed by atoms with Crippen LogP contribution in [0.3, 0.4) is 0 Å². The van der Waals surface area contributed by atoms with Crippen LogP contribution in [-0.2, 0) is 19.7 Å². The summed E-state index contributed by atoms with van der Waals surface area (Å²) in [6.45, 7) is 0. The number of sulfone groups is 2. The molecule has 16 heavy (non-hydrogen) atoms. The molecule has 0 atom stereocenters. The van der Waals surface area contributed by atoms with E-state index in [0.717, 1.165) is 25.5 Å². The fraction of sp³-hybridized carbons (Fsp3) is 1.00. The van der Waals surface area contributed by atoms with Crippen molar-refractivity contribution >= 4 is 31.3 Å². The van der Waals surface area contributed by atoms with Crippen LogP contribution in [0.5, 0.6) is 0 Å². The monoisotopic (exact) mass is 290 g/mol. The van der Waals surface area contributed by atoms with Crippen LogP contribution in [0.4, 0.5) is 0 Å². The van der Waals surface area contributed by atoms with Crippen molar-refractivity contribution in [3.8, 4) is 0 Å². The first-order chi connectivity index (χ1) is 7.27. The highest BCUT2D eigenvalue weighted by Crippen LogP contribution is 2.04. The van der Waals surface area contributed by atoms with E-state index >= 15 is 0 Å². The zero-order valence-corrected chi connectivity index (χ0v) is 11.9. The molecule has 98 valence electrons. The second-order valence-electron chi connectivity index (χ2n) is 3.88. The normalized spacial score (nSPS) is 12.9. The van der Waals surface area contributed by atoms with Crippen molar-refractivity contribution < 1.29 is 16.8 Å². The molecule has 0 saturated carbocycles. The summed E-state index contributed by atoms with van der Waals surface area (Å²) in [6, 6.07) is 0. The predicted molar refractivity (Wildman–Crippen MR) is 67.6 cm³/mol. The molecule has 0 saturated heterocycles. The molecule has 0 N–H and O–H groups in total. The minimum absolute atomic E-state index is 0.0742. The van der Waals surface area contributed by atoms with Crippen molar-refractivity contribution in [2.45, 2.75) is 25.7 Å². The summed E-state index contributed by atoms with van der Waals surface area (Å²) in [5.74, 6) is 0.129. The maximum Gasteiger partial charge on any atom is 0.151 e. The molecule has 0 unspecified atom stereocenters. The molecule has 0 aromatic carbocycles. The van der Waals surface area contributed by atoms with Gasteiger partial charge in [-0.05, 0) is 12.8 Å². The molecule has 0 spiro atoms. The molecule has 0 aromatic rings. The maximum atomic E-state index is 11.4. The quantitative estimate of drug-likeness (QED) is 0.473. The summed E-state index contributed by atoms with van der Waals surface area (Å²) in [5.41, 5.74) is 0. The van der Waals surface area contributed by atoms with Crippen molar-refractivity contribution in [3.05, 3.63) is 0 Å². The van der Waals surface area contributed by atoms with Crippen molar-refractivity contribution in [1.82, 2.24) is 0 Å². The SMILES string of the molecule is CS(=O)(=O)CCS(=O)(=O)CCCCCCCl. The van der Waals surface area contributed by atoms with Gasteiger partial charge in [-0.25, -0.2) is 16.8 Å². The molecule has 7 heteroatoms. The average molecular weight is 291 g/mol. The van der Waals surface area contributed by atoms with E-state index in [1.807, 2.05) is 0 Å². The molecule has 0 amide bonds. The topological polar surface area (TPSA) is 68.3 Å². The van der Waals surface area contributed by atoms with E-state index in [9.17, 15) is 16.8 Å². The molecule has 0 aliphatic heterocycles. The molecule has 0 radical (unpaired) electrons. The van der Waals surface area contributed by atoms with Crippen LogP contribution < -0.4 is 0 Å². The smallest absolute Gasteiger partial charge is 0.151 e. The van der Waals surface area contributed by atoms with Crippen LogP contribution >= 0.6 is 11.6 Å². The van der Waals surface area contributed by atoms with Gasteiger partial charge in [-0.1, -0.05) is 12.8 Å². The standard InChI is InChI=1S/C9H19ClO4S2/c1-15(11,12)8-9-16(13,14)7-5-3-2-4-6-10/h2-9H2,1H3. The third-order valence-corrected chi connectivity index (χ3v) is 5.31. The summed E-state index contributed by atoms with van der Waals surface area (Å²) >= 11 is 5.49. The number of unbranched alkanes of at least 4 members (excludes halogenated alkanes) is 3. The van der Waals surface area contributed by atoms with Gasteiger partial charge in [0.05, 0.1) is 17.3 Å². The van der Waals surface area contributed by atoms with Crippen LogP contribution in [0.15, 0.2) is 0 Å². The molecule has 0 fully saturated rings. The zero-order valence-electron chi connectivity index (χ0n) is 9.48. The Kier molecular flexibility index (Phi) is 7.59. The Morgan fingerprint density at radius 1 is 0.812 bits per heavy atom. The van der Waals surface area contributed by atoms with Gasteiger partial charge >= 0.3 is 0 Å². The lowest BCUT2D eigenvalue weighted by Crippen LogP contribution is -2.18. The highest BCUT2D eigenvalue weighted by atomic mass is 35.5. The fourth-order valence-electron chi connectivity index (χ4n) is 1.15. The fourth-order valence-corrected chi connectivity index (χ4v) is 4.41. The molecule has 0 aliphatic carbocycles. The van der Waals surface area contributed by atoms with Gasteiger partial charge < -0.3 is 0 Å². The van der Waals surface area contributed by atoms with Crippen LogP contribution in [-0.4, -0.2) is 46.2 Å². The van der Waals surface area contributed by atoms with Gasteiger partial charge in [0.15, 0.2) is 9.84 Å². The number of halogens is 1. The first-order valence-corrected chi connectivity index (χ1v) is 9.62. The third-order valence-electron chi connectivity index (χ3n) is 2.10. The van der Waals surface area contributed by atoms with Gasteiger partial charge in [0.2, 0.25) is 0 Å². The van der Waals surface area contributed by atoms with Crippen LogP contribution in [0.1, 0.15) is 25.7 Å². The van der Waals surface area contributed by atoms with E-state index in [4.69, 9.17) is 11.6 Å². The Balaban J connectivity index is 3.80. The van der Waals surface area contributed by atoms with E-state index in [2.05, 4.69) is 0 Å². The van der Waals surface area contributed by atoms with Gasteiger partial charge in [-0.15, -0.1) is 11.6 Å². The highest BCUT2D eigenvalue weighted by molar-refractivity contribution is 7.94. The lowest BCUT2D eigenvalue weighted by Gasteiger charge is -2.03. The van der Waals surface area contributed by atoms with E-state index in [1.54, 1.807) is 0 Å². The van der Waals surface area contributed by atoms with E-state index in [1.165, 1.54) is 0 Å². The second-order valence-corrected chi connectivity index (χ2v) is 8.83. The van der Waals surface area contributed by atoms with Crippen molar-refractivity contribution in [3.63, 3.8) is 0 Å². The van der Waals surface area contributed by atoms with Crippen molar-refractivity contribution in [2.24, 2.45) is 0 Å². The number of rotatable bonds is 9. The number of hydrogen-bond acceptors (Lipinski definition) is 4. The largest absolute Gasteiger partial charge is 0.229 e. The first kappa shape index (κ1) is 16.2. The molecule has 0 bridgehead atoms. The second kappa shape index (κ2) is 7.50. The molecular weight excluding hydrogens is 272 g/mol. The Morgan fingerprint density at radius 2 is 1.38 bits per heavy atom. The highest BCUT2D eigenvalue weighted by Gasteiger charge is 2.14. The molecule has 4 nitrogen and oxygen atoms in total. The molecule has 0 aromatic heterocycles. The van der Waals surface area contributed by atoms with Gasteiger partial charge in [0.25, 0.3) is 0 Å². The van der Waals surface area contributed by atoms with Crippen molar-refractivity contribution in [1.29, 1.82) is 0 Å². The summed E-state index contributed by atoms with van der Waals surface area (Å²) in [7, 11) is -6.41. The van der Waals surface area contributed by atoms with Gasteiger partial charge in [0.1, 0.15) is 9.84 Å². The minimum atomic E-state index is -3.21. The Labute approximate surface area is 103 Å². The van der Waals surface area contributed by atoms with Crippen LogP contribution in [0.25, 0.3) is 0 Å². The van der Waals surface area contributed by atoms with Crippen molar-refractivity contribution in [2.75, 3.05) is 29.4 Å². The van der Waals surface area contributed by atoms with E-state index < -0.39 is 19.7 Å². The average Bonchev–Trinajstić information content (AvgIpc) is 2.14. The summed E-state index contributed by atoms with van der Waals surface area (Å²) in [6.07, 6.45) is 4.27. The first-order valence-electron chi connectivity index (χ1n) is 5.21. The Morgan fingerprint density at radius 3 is 1.88 bits per heavy atom. The zero-order chi connectivity index (χ0) is 12.7. The van der Waals surface area contributed by atoms with Gasteiger partial charge in [0, 0.05) is 12.1 Å². The van der Waals surface area contributed by atoms with E-state index in [-0.39, 0.29) is 17.3 Å². The molecular formula is C9H19ClO4S2. The Bertz CT molecular complexity index is 372. The minimum Gasteiger partial charge on any atom is -0.229 e. The lowest BCUT2D eigenvalue weighted by atomic mass is 10.2. The molecule has 0 rings (SSSR count). The number of hydrogen-bond donors (Lipinski definition) is 0. The third kappa shape index (κ3) is 10.7. The van der Waals surface area contributed by atoms with Crippen LogP contribution in [0.2, 0.25) is 0 Å². The molecule has 0 heterocycles. The Hall–Kier alpha value is 0.190. The summed E-state index contributed by atoms with van der Waals surface area (Å²) < 4.78 is 44.5. The van der Waals surface area contributed by atoms with Crippen LogP contribution in [0, 0.1) is 0 Å². The van der Waals surface area contributed by atoms with Gasteiger partial charge in [-0.3, -0.25) is 0 Å². The summed E-state index contributed by atoms with van der Waals surface area (Å²) in [4.78, 5) is 0. The maximum absolute atomic E-state index is 11.4. The number of alkyl halides is 1. The predicted octanol–water partition coefficient (Wildman–Crippen LogP) is 1.24. The molecule has 0 aliphatic rings. The van der Waals surface area contributed by atoms with Gasteiger partial charge in [-0.2, -0.15) is 0 Å². The summed E-state index contributed by atoms with van der Waals surface area (Å²) in [5, 5.41) is 0. The lowest BCUT2D eigenvalue weighted by molar-refractivity contribution is 0.585. The van der Waals surface area contributed by atoms with E-state index in [0.29, 0.717) is 12.3 Å².